The summed E-state index contributed by atoms with van der Waals surface area (Å²) in [4.78, 5) is 15.5. The Bertz CT molecular complexity index is 1410. The SMILES string of the molecule is N#CC1=CC(Cn2ccnc2-c2ccc(F)cc2C(CN=[N+]=[N-])Oc2nc(Br)cnc2N=NN)NN1. The number of aromatic nitrogens is 4. The normalized spacial score (nSPS) is 15.6. The van der Waals surface area contributed by atoms with E-state index in [1.807, 2.05) is 10.6 Å². The predicted molar refractivity (Wildman–Crippen MR) is 127 cm³/mol. The van der Waals surface area contributed by atoms with Crippen LogP contribution in [0.5, 0.6) is 5.88 Å². The molecule has 1 aliphatic rings. The lowest BCUT2D eigenvalue weighted by Gasteiger charge is -2.21. The first-order chi connectivity index (χ1) is 17.5. The number of imidazole rings is 1. The summed E-state index contributed by atoms with van der Waals surface area (Å²) >= 11 is 3.22. The lowest BCUT2D eigenvalue weighted by atomic mass is 10.0. The monoisotopic (exact) mass is 553 g/mol. The maximum atomic E-state index is 14.5. The van der Waals surface area contributed by atoms with Crippen LogP contribution in [-0.4, -0.2) is 32.1 Å². The Hall–Kier alpha value is -4.58. The zero-order valence-electron chi connectivity index (χ0n) is 18.3. The molecule has 0 bridgehead atoms. The number of azide groups is 1. The van der Waals surface area contributed by atoms with Crippen LogP contribution in [0.15, 0.2) is 68.6 Å². The summed E-state index contributed by atoms with van der Waals surface area (Å²) in [5.41, 5.74) is 16.0. The van der Waals surface area contributed by atoms with Crippen LogP contribution in [0.2, 0.25) is 0 Å². The minimum atomic E-state index is -0.997. The van der Waals surface area contributed by atoms with Gasteiger partial charge in [-0.1, -0.05) is 10.3 Å². The Balaban J connectivity index is 1.75. The predicted octanol–water partition coefficient (Wildman–Crippen LogP) is 3.51. The topological polar surface area (TPSA) is 200 Å². The van der Waals surface area contributed by atoms with Gasteiger partial charge in [0.1, 0.15) is 34.1 Å². The molecule has 0 fully saturated rings. The molecule has 1 aliphatic heterocycles. The second-order valence-electron chi connectivity index (χ2n) is 7.26. The number of benzene rings is 1. The van der Waals surface area contributed by atoms with Crippen LogP contribution in [0.25, 0.3) is 21.8 Å². The first kappa shape index (κ1) is 24.5. The van der Waals surface area contributed by atoms with E-state index in [2.05, 4.69) is 62.1 Å². The van der Waals surface area contributed by atoms with Crippen LogP contribution in [0.3, 0.4) is 0 Å². The molecule has 2 unspecified atom stereocenters. The fraction of sp³-hybridized carbons (Fsp3) is 0.200. The van der Waals surface area contributed by atoms with Crippen LogP contribution >= 0.6 is 15.9 Å². The summed E-state index contributed by atoms with van der Waals surface area (Å²) in [5, 5.41) is 19.6. The van der Waals surface area contributed by atoms with E-state index >= 15 is 0 Å². The number of nitriles is 1. The fourth-order valence-electron chi connectivity index (χ4n) is 3.53. The number of allylic oxidation sites excluding steroid dienone is 1. The van der Waals surface area contributed by atoms with E-state index in [9.17, 15) is 4.39 Å². The number of nitrogens with zero attached hydrogens (tertiary/aromatic N) is 10. The van der Waals surface area contributed by atoms with Crippen LogP contribution in [-0.2, 0) is 6.54 Å². The Morgan fingerprint density at radius 2 is 2.28 bits per heavy atom. The van der Waals surface area contributed by atoms with Crippen molar-refractivity contribution in [2.24, 2.45) is 21.3 Å². The number of nitrogens with one attached hydrogen (secondary N) is 2. The Morgan fingerprint density at radius 1 is 1.42 bits per heavy atom. The molecular formula is C20H17BrFN13O. The molecule has 2 aromatic heterocycles. The molecule has 182 valence electrons. The molecule has 4 rings (SSSR count). The van der Waals surface area contributed by atoms with E-state index in [0.717, 1.165) is 0 Å². The molecule has 2 atom stereocenters. The molecule has 3 heterocycles. The fourth-order valence-corrected chi connectivity index (χ4v) is 3.79. The lowest BCUT2D eigenvalue weighted by molar-refractivity contribution is 0.205. The number of ether oxygens (including phenoxy) is 1. The summed E-state index contributed by atoms with van der Waals surface area (Å²) in [5.74, 6) is 5.04. The summed E-state index contributed by atoms with van der Waals surface area (Å²) in [6, 6.07) is 5.97. The van der Waals surface area contributed by atoms with E-state index in [4.69, 9.17) is 21.4 Å². The average molecular weight is 554 g/mol. The molecule has 1 aromatic carbocycles. The lowest BCUT2D eigenvalue weighted by Crippen LogP contribution is -2.34. The number of hydrogen-bond donors (Lipinski definition) is 3. The largest absolute Gasteiger partial charge is 0.467 e. The smallest absolute Gasteiger partial charge is 0.263 e. The van der Waals surface area contributed by atoms with Gasteiger partial charge in [0.15, 0.2) is 0 Å². The van der Waals surface area contributed by atoms with Crippen LogP contribution in [0, 0.1) is 17.1 Å². The molecule has 0 aliphatic carbocycles. The quantitative estimate of drug-likeness (QED) is 0.117. The van der Waals surface area contributed by atoms with Crippen molar-refractivity contribution in [3.63, 3.8) is 0 Å². The molecule has 3 aromatic rings. The summed E-state index contributed by atoms with van der Waals surface area (Å²) in [7, 11) is 0. The van der Waals surface area contributed by atoms with Gasteiger partial charge < -0.3 is 20.6 Å². The molecular weight excluding hydrogens is 537 g/mol. The highest BCUT2D eigenvalue weighted by Gasteiger charge is 2.24. The van der Waals surface area contributed by atoms with Crippen molar-refractivity contribution in [3.05, 3.63) is 75.0 Å². The van der Waals surface area contributed by atoms with Crippen molar-refractivity contribution in [2.45, 2.75) is 18.7 Å². The molecule has 36 heavy (non-hydrogen) atoms. The zero-order valence-corrected chi connectivity index (χ0v) is 19.9. The molecule has 4 N–H and O–H groups in total. The average Bonchev–Trinajstić information content (AvgIpc) is 3.53. The Kier molecular flexibility index (Phi) is 7.66. The molecule has 0 spiro atoms. The summed E-state index contributed by atoms with van der Waals surface area (Å²) in [6.45, 7) is 0.216. The van der Waals surface area contributed by atoms with Crippen molar-refractivity contribution in [1.82, 2.24) is 30.4 Å². The number of hydrazine groups is 1. The van der Waals surface area contributed by atoms with Gasteiger partial charge in [-0.15, -0.1) is 5.11 Å². The van der Waals surface area contributed by atoms with Gasteiger partial charge in [0.05, 0.1) is 18.8 Å². The third-order valence-electron chi connectivity index (χ3n) is 5.00. The van der Waals surface area contributed by atoms with Gasteiger partial charge in [-0.3, -0.25) is 0 Å². The highest BCUT2D eigenvalue weighted by atomic mass is 79.9. The first-order valence-corrected chi connectivity index (χ1v) is 11.1. The minimum Gasteiger partial charge on any atom is -0.467 e. The number of rotatable bonds is 9. The second kappa shape index (κ2) is 11.2. The standard InChI is InChI=1S/C20H17BrFN13O/c21-17-9-27-18(32-34-25)20(29-17)36-16(8-28-33-24)15-5-11(22)1-2-14(15)19-26-3-4-35(19)10-13-6-12(7-23)30-31-13/h1-6,9,13,16,30-31H,8,10H2,(H2,25,27,32). The summed E-state index contributed by atoms with van der Waals surface area (Å²) < 4.78 is 22.6. The van der Waals surface area contributed by atoms with Crippen molar-refractivity contribution in [2.75, 3.05) is 6.54 Å². The summed E-state index contributed by atoms with van der Waals surface area (Å²) in [6.07, 6.45) is 5.49. The third kappa shape index (κ3) is 5.55. The van der Waals surface area contributed by atoms with Gasteiger partial charge in [-0.2, -0.15) is 5.26 Å². The van der Waals surface area contributed by atoms with Gasteiger partial charge in [0.25, 0.3) is 5.88 Å². The van der Waals surface area contributed by atoms with E-state index < -0.39 is 11.9 Å². The van der Waals surface area contributed by atoms with Crippen molar-refractivity contribution < 1.29 is 9.13 Å². The molecule has 0 saturated carbocycles. The zero-order chi connectivity index (χ0) is 25.5. The van der Waals surface area contributed by atoms with Crippen LogP contribution in [0.1, 0.15) is 11.7 Å². The first-order valence-electron chi connectivity index (χ1n) is 10.3. The van der Waals surface area contributed by atoms with Gasteiger partial charge in [-0.05, 0) is 45.7 Å². The molecule has 0 saturated heterocycles. The number of hydrogen-bond acceptors (Lipinski definition) is 10. The molecule has 16 heteroatoms. The maximum absolute atomic E-state index is 14.5. The van der Waals surface area contributed by atoms with Crippen molar-refractivity contribution in [3.8, 4) is 23.3 Å². The third-order valence-corrected chi connectivity index (χ3v) is 5.38. The molecule has 0 radical (unpaired) electrons. The van der Waals surface area contributed by atoms with Crippen LogP contribution in [0.4, 0.5) is 10.2 Å². The van der Waals surface area contributed by atoms with Crippen molar-refractivity contribution in [1.29, 1.82) is 5.26 Å². The van der Waals surface area contributed by atoms with E-state index in [0.29, 0.717) is 33.8 Å². The van der Waals surface area contributed by atoms with Gasteiger partial charge in [0, 0.05) is 35.0 Å². The highest BCUT2D eigenvalue weighted by molar-refractivity contribution is 9.10. The Morgan fingerprint density at radius 3 is 3.03 bits per heavy atom. The van der Waals surface area contributed by atoms with Crippen molar-refractivity contribution >= 4 is 21.7 Å². The minimum absolute atomic E-state index is 0.0222. The molecule has 0 amide bonds. The number of halogens is 2. The van der Waals surface area contributed by atoms with Gasteiger partial charge in [0.2, 0.25) is 5.82 Å². The molecule has 14 nitrogen and oxygen atoms in total. The van der Waals surface area contributed by atoms with Gasteiger partial charge in [-0.25, -0.2) is 24.8 Å². The highest BCUT2D eigenvalue weighted by Crippen LogP contribution is 2.34. The van der Waals surface area contributed by atoms with E-state index in [1.165, 1.54) is 18.3 Å². The maximum Gasteiger partial charge on any atom is 0.263 e. The van der Waals surface area contributed by atoms with Gasteiger partial charge >= 0.3 is 0 Å². The van der Waals surface area contributed by atoms with E-state index in [-0.39, 0.29) is 24.3 Å². The van der Waals surface area contributed by atoms with E-state index in [1.54, 1.807) is 24.5 Å². The Labute approximate surface area is 211 Å². The number of nitrogens with two attached hydrogens (primary N) is 1. The van der Waals surface area contributed by atoms with Crippen LogP contribution < -0.4 is 21.4 Å². The second-order valence-corrected chi connectivity index (χ2v) is 8.07.